The van der Waals surface area contributed by atoms with Gasteiger partial charge in [-0.05, 0) is 60.4 Å². The van der Waals surface area contributed by atoms with Crippen molar-refractivity contribution in [1.29, 1.82) is 0 Å². The summed E-state index contributed by atoms with van der Waals surface area (Å²) >= 11 is 1.72. The molecule has 10 heteroatoms. The lowest BCUT2D eigenvalue weighted by molar-refractivity contribution is -0.149. The van der Waals surface area contributed by atoms with Crippen molar-refractivity contribution >= 4 is 28.6 Å². The first-order valence-corrected chi connectivity index (χ1v) is 16.8. The van der Waals surface area contributed by atoms with Crippen LogP contribution in [0.25, 0.3) is 22.0 Å². The first-order chi connectivity index (χ1) is 22.7. The molecule has 0 spiro atoms. The zero-order valence-corrected chi connectivity index (χ0v) is 28.6. The van der Waals surface area contributed by atoms with Gasteiger partial charge in [-0.1, -0.05) is 71.0 Å². The highest BCUT2D eigenvalue weighted by molar-refractivity contribution is 8.00. The largest absolute Gasteiger partial charge is 0.487 e. The van der Waals surface area contributed by atoms with E-state index in [1.54, 1.807) is 18.0 Å². The predicted octanol–water partition coefficient (Wildman–Crippen LogP) is 10.1. The average molecular weight is 676 g/mol. The van der Waals surface area contributed by atoms with Gasteiger partial charge in [-0.15, -0.1) is 11.8 Å². The van der Waals surface area contributed by atoms with Gasteiger partial charge < -0.3 is 14.4 Å². The van der Waals surface area contributed by atoms with Gasteiger partial charge >= 0.3 is 12.1 Å². The van der Waals surface area contributed by atoms with E-state index in [0.717, 1.165) is 44.4 Å². The Bertz CT molecular complexity index is 1860. The van der Waals surface area contributed by atoms with Crippen molar-refractivity contribution in [3.8, 4) is 16.9 Å². The van der Waals surface area contributed by atoms with Crippen LogP contribution in [0.1, 0.15) is 70.1 Å². The van der Waals surface area contributed by atoms with Crippen LogP contribution in [-0.2, 0) is 30.5 Å². The van der Waals surface area contributed by atoms with E-state index in [4.69, 9.17) is 4.74 Å². The fourth-order valence-electron chi connectivity index (χ4n) is 5.78. The molecule has 0 unspecified atom stereocenters. The molecule has 0 aliphatic rings. The number of pyridine rings is 2. The Labute approximate surface area is 283 Å². The molecule has 0 amide bonds. The number of thioether (sulfide) groups is 1. The van der Waals surface area contributed by atoms with Crippen LogP contribution < -0.4 is 4.74 Å². The second kappa shape index (κ2) is 14.0. The van der Waals surface area contributed by atoms with Crippen molar-refractivity contribution in [3.05, 3.63) is 108 Å². The van der Waals surface area contributed by atoms with Gasteiger partial charge in [0.25, 0.3) is 0 Å². The summed E-state index contributed by atoms with van der Waals surface area (Å²) in [4.78, 5) is 21.8. The number of benzene rings is 2. The smallest absolute Gasteiger partial charge is 0.433 e. The molecular formula is C38H40F3N3O3S. The van der Waals surface area contributed by atoms with Gasteiger partial charge in [-0.25, -0.2) is 0 Å². The topological polar surface area (TPSA) is 77.2 Å². The molecule has 0 fully saturated rings. The van der Waals surface area contributed by atoms with Crippen molar-refractivity contribution in [2.24, 2.45) is 5.41 Å². The first-order valence-electron chi connectivity index (χ1n) is 16.0. The third-order valence-electron chi connectivity index (χ3n) is 8.61. The number of nitrogens with zero attached hydrogens (tertiary/aromatic N) is 3. The van der Waals surface area contributed by atoms with Crippen LogP contribution in [0.15, 0.2) is 90.1 Å². The quantitative estimate of drug-likeness (QED) is 0.133. The Morgan fingerprint density at radius 2 is 1.62 bits per heavy atom. The second-order valence-electron chi connectivity index (χ2n) is 13.0. The van der Waals surface area contributed by atoms with Gasteiger partial charge in [0.2, 0.25) is 0 Å². The van der Waals surface area contributed by atoms with Crippen LogP contribution in [0.4, 0.5) is 13.2 Å². The van der Waals surface area contributed by atoms with Gasteiger partial charge in [0.1, 0.15) is 18.1 Å². The number of halogens is 3. The summed E-state index contributed by atoms with van der Waals surface area (Å²) in [5, 5.41) is 11.5. The Hall–Kier alpha value is -4.31. The second-order valence-corrected chi connectivity index (χ2v) is 14.8. The zero-order valence-electron chi connectivity index (χ0n) is 27.8. The highest BCUT2D eigenvalue weighted by Gasteiger charge is 2.38. The van der Waals surface area contributed by atoms with Crippen LogP contribution in [0, 0.1) is 5.41 Å². The predicted molar refractivity (Wildman–Crippen MR) is 184 cm³/mol. The van der Waals surface area contributed by atoms with E-state index < -0.39 is 23.3 Å². The maximum Gasteiger partial charge on any atom is 0.433 e. The van der Waals surface area contributed by atoms with Crippen LogP contribution >= 0.6 is 11.8 Å². The van der Waals surface area contributed by atoms with Crippen molar-refractivity contribution in [1.82, 2.24) is 14.5 Å². The third-order valence-corrected chi connectivity index (χ3v) is 9.88. The summed E-state index contributed by atoms with van der Waals surface area (Å²) < 4.78 is 47.3. The summed E-state index contributed by atoms with van der Waals surface area (Å²) in [6.45, 7) is 11.1. The standard InChI is InChI=1S/C38H40F3N3O3S/c1-6-37(7-2,35(45)46)21-32-34(48-36(3,4)5)30-20-29(47-24-28-10-8-9-19-42-28)16-17-31(30)44(32)23-25-11-13-26(14-12-25)27-15-18-33(43-22-27)38(39,40)41/h8-20,22H,6-7,21,23-24H2,1-5H3,(H,45,46). The minimum Gasteiger partial charge on any atom is -0.487 e. The number of hydrogen-bond donors (Lipinski definition) is 1. The number of hydrogen-bond acceptors (Lipinski definition) is 5. The van der Waals surface area contributed by atoms with Crippen molar-refractivity contribution in [3.63, 3.8) is 0 Å². The molecule has 5 aromatic rings. The molecule has 0 atom stereocenters. The summed E-state index contributed by atoms with van der Waals surface area (Å²) in [6.07, 6.45) is -0.219. The van der Waals surface area contributed by atoms with E-state index >= 15 is 0 Å². The average Bonchev–Trinajstić information content (AvgIpc) is 3.32. The van der Waals surface area contributed by atoms with E-state index in [-0.39, 0.29) is 4.75 Å². The molecule has 0 saturated carbocycles. The van der Waals surface area contributed by atoms with Crippen molar-refractivity contribution < 1.29 is 27.8 Å². The van der Waals surface area contributed by atoms with Gasteiger partial charge in [-0.3, -0.25) is 14.8 Å². The highest BCUT2D eigenvalue weighted by Crippen LogP contribution is 2.45. The maximum atomic E-state index is 13.0. The lowest BCUT2D eigenvalue weighted by atomic mass is 9.78. The molecule has 0 saturated heterocycles. The van der Waals surface area contributed by atoms with Crippen LogP contribution in [0.3, 0.4) is 0 Å². The van der Waals surface area contributed by atoms with Gasteiger partial charge in [0.05, 0.1) is 11.1 Å². The number of alkyl halides is 3. The maximum absolute atomic E-state index is 13.0. The number of aromatic nitrogens is 3. The van der Waals surface area contributed by atoms with Gasteiger partial charge in [-0.2, -0.15) is 13.2 Å². The molecule has 0 radical (unpaired) electrons. The Morgan fingerprint density at radius 1 is 0.917 bits per heavy atom. The van der Waals surface area contributed by atoms with Crippen LogP contribution in [0.5, 0.6) is 5.75 Å². The van der Waals surface area contributed by atoms with Crippen LogP contribution in [-0.4, -0.2) is 30.4 Å². The van der Waals surface area contributed by atoms with E-state index in [9.17, 15) is 23.1 Å². The number of carbonyl (C=O) groups is 1. The van der Waals surface area contributed by atoms with Crippen molar-refractivity contribution in [2.75, 3.05) is 0 Å². The molecular weight excluding hydrogens is 635 g/mol. The number of carboxylic acids is 1. The summed E-state index contributed by atoms with van der Waals surface area (Å²) in [7, 11) is 0. The minimum atomic E-state index is -4.50. The Morgan fingerprint density at radius 3 is 2.19 bits per heavy atom. The van der Waals surface area contributed by atoms with E-state index in [2.05, 4.69) is 35.3 Å². The molecule has 3 aromatic heterocycles. The number of fused-ring (bicyclic) bond motifs is 1. The number of ether oxygens (including phenoxy) is 1. The molecule has 1 N–H and O–H groups in total. The molecule has 3 heterocycles. The van der Waals surface area contributed by atoms with Crippen molar-refractivity contribution in [2.45, 2.75) is 82.9 Å². The normalized spacial score (nSPS) is 12.4. The molecule has 2 aromatic carbocycles. The lowest BCUT2D eigenvalue weighted by Gasteiger charge is -2.29. The Kier molecular flexibility index (Phi) is 10.2. The number of aliphatic carboxylic acids is 1. The van der Waals surface area contributed by atoms with E-state index in [0.29, 0.717) is 43.7 Å². The zero-order chi connectivity index (χ0) is 34.7. The van der Waals surface area contributed by atoms with E-state index in [1.807, 2.05) is 74.5 Å². The van der Waals surface area contributed by atoms with Crippen LogP contribution in [0.2, 0.25) is 0 Å². The monoisotopic (exact) mass is 675 g/mol. The summed E-state index contributed by atoms with van der Waals surface area (Å²) in [6, 6.07) is 21.7. The molecule has 0 aliphatic carbocycles. The summed E-state index contributed by atoms with van der Waals surface area (Å²) in [5.74, 6) is -0.123. The molecule has 252 valence electrons. The lowest BCUT2D eigenvalue weighted by Crippen LogP contribution is -2.33. The number of carboxylic acid groups (broad SMARTS) is 1. The molecule has 5 rings (SSSR count). The molecule has 0 aliphatic heterocycles. The molecule has 0 bridgehead atoms. The minimum absolute atomic E-state index is 0.166. The van der Waals surface area contributed by atoms with Gasteiger partial charge in [0.15, 0.2) is 0 Å². The fraction of sp³-hybridized carbons (Fsp3) is 0.342. The first kappa shape index (κ1) is 35.0. The Balaban J connectivity index is 1.59. The SMILES string of the molecule is CCC(CC)(Cc1c(SC(C)(C)C)c2cc(OCc3ccccn3)ccc2n1Cc1ccc(-c2ccc(C(F)(F)F)nc2)cc1)C(=O)O. The fourth-order valence-corrected chi connectivity index (χ4v) is 6.96. The summed E-state index contributed by atoms with van der Waals surface area (Å²) in [5.41, 5.74) is 3.15. The third kappa shape index (κ3) is 7.86. The molecule has 48 heavy (non-hydrogen) atoms. The molecule has 6 nitrogen and oxygen atoms in total. The highest BCUT2D eigenvalue weighted by atomic mass is 32.2. The van der Waals surface area contributed by atoms with E-state index in [1.165, 1.54) is 12.3 Å². The number of rotatable bonds is 12. The van der Waals surface area contributed by atoms with Gasteiger partial charge in [0, 0.05) is 57.2 Å².